The average molecular weight is 289 g/mol. The quantitative estimate of drug-likeness (QED) is 0.843. The largest absolute Gasteiger partial charge is 0.492 e. The summed E-state index contributed by atoms with van der Waals surface area (Å²) in [5.74, 6) is 0.0152. The molecule has 0 saturated heterocycles. The zero-order valence-corrected chi connectivity index (χ0v) is 12.2. The Balaban J connectivity index is 1.81. The van der Waals surface area contributed by atoms with Crippen molar-refractivity contribution in [3.63, 3.8) is 0 Å². The zero-order valence-electron chi connectivity index (χ0n) is 12.2. The molecule has 0 atom stereocenters. The lowest BCUT2D eigenvalue weighted by atomic mass is 10.1. The van der Waals surface area contributed by atoms with Crippen LogP contribution in [-0.2, 0) is 17.8 Å². The first kappa shape index (κ1) is 15.0. The van der Waals surface area contributed by atoms with Crippen molar-refractivity contribution in [1.29, 1.82) is 0 Å². The van der Waals surface area contributed by atoms with Crippen LogP contribution in [-0.4, -0.2) is 32.7 Å². The van der Waals surface area contributed by atoms with Gasteiger partial charge in [0, 0.05) is 12.6 Å². The Kier molecular flexibility index (Phi) is 4.92. The Labute approximate surface area is 123 Å². The molecule has 0 fully saturated rings. The van der Waals surface area contributed by atoms with Crippen LogP contribution in [0.5, 0.6) is 5.75 Å². The number of carbonyl (C=O) groups is 1. The van der Waals surface area contributed by atoms with Crippen LogP contribution in [0.1, 0.15) is 23.2 Å². The summed E-state index contributed by atoms with van der Waals surface area (Å²) in [7, 11) is 0. The summed E-state index contributed by atoms with van der Waals surface area (Å²) in [4.78, 5) is 10.5. The second-order valence-corrected chi connectivity index (χ2v) is 5.04. The first-order valence-electron chi connectivity index (χ1n) is 6.85. The molecule has 0 unspecified atom stereocenters. The fraction of sp³-hybridized carbons (Fsp3) is 0.400. The van der Waals surface area contributed by atoms with E-state index in [-0.39, 0.29) is 6.42 Å². The minimum Gasteiger partial charge on any atom is -0.492 e. The first-order chi connectivity index (χ1) is 10.0. The second kappa shape index (κ2) is 6.88. The molecule has 1 aromatic carbocycles. The van der Waals surface area contributed by atoms with Gasteiger partial charge in [-0.3, -0.25) is 4.79 Å². The molecule has 0 aliphatic heterocycles. The van der Waals surface area contributed by atoms with Gasteiger partial charge in [-0.1, -0.05) is 11.3 Å². The van der Waals surface area contributed by atoms with Crippen molar-refractivity contribution in [3.8, 4) is 5.75 Å². The lowest BCUT2D eigenvalue weighted by Gasteiger charge is -2.07. The molecular weight excluding hydrogens is 270 g/mol. The summed E-state index contributed by atoms with van der Waals surface area (Å²) < 4.78 is 7.36. The summed E-state index contributed by atoms with van der Waals surface area (Å²) in [5, 5.41) is 16.5. The molecule has 1 heterocycles. The maximum atomic E-state index is 10.5. The van der Waals surface area contributed by atoms with Crippen LogP contribution in [0.25, 0.3) is 0 Å². The Morgan fingerprint density at radius 1 is 1.29 bits per heavy atom. The van der Waals surface area contributed by atoms with Crippen LogP contribution in [0, 0.1) is 13.8 Å². The summed E-state index contributed by atoms with van der Waals surface area (Å²) in [6.07, 6.45) is 2.22. The summed E-state index contributed by atoms with van der Waals surface area (Å²) in [6.45, 7) is 5.13. The third kappa shape index (κ3) is 4.91. The van der Waals surface area contributed by atoms with Crippen molar-refractivity contribution in [1.82, 2.24) is 15.0 Å². The van der Waals surface area contributed by atoms with E-state index in [1.54, 1.807) is 10.9 Å². The SMILES string of the molecule is Cc1cc(C)cc(OCCn2cc(CCC(=O)O)nn2)c1. The van der Waals surface area contributed by atoms with Crippen molar-refractivity contribution in [3.05, 3.63) is 41.2 Å². The van der Waals surface area contributed by atoms with Crippen molar-refractivity contribution < 1.29 is 14.6 Å². The van der Waals surface area contributed by atoms with Gasteiger partial charge in [-0.2, -0.15) is 0 Å². The Morgan fingerprint density at radius 3 is 2.67 bits per heavy atom. The van der Waals surface area contributed by atoms with E-state index in [0.717, 1.165) is 5.75 Å². The first-order valence-corrected chi connectivity index (χ1v) is 6.85. The van der Waals surface area contributed by atoms with E-state index in [0.29, 0.717) is 25.3 Å². The third-order valence-electron chi connectivity index (χ3n) is 2.97. The third-order valence-corrected chi connectivity index (χ3v) is 2.97. The van der Waals surface area contributed by atoms with Gasteiger partial charge >= 0.3 is 5.97 Å². The van der Waals surface area contributed by atoms with Gasteiger partial charge in [0.1, 0.15) is 12.4 Å². The summed E-state index contributed by atoms with van der Waals surface area (Å²) >= 11 is 0. The van der Waals surface area contributed by atoms with E-state index < -0.39 is 5.97 Å². The standard InChI is InChI=1S/C15H19N3O3/c1-11-7-12(2)9-14(8-11)21-6-5-18-10-13(16-17-18)3-4-15(19)20/h7-10H,3-6H2,1-2H3,(H,19,20). The van der Waals surface area contributed by atoms with Gasteiger partial charge < -0.3 is 9.84 Å². The fourth-order valence-corrected chi connectivity index (χ4v) is 2.07. The van der Waals surface area contributed by atoms with Crippen LogP contribution in [0.3, 0.4) is 0 Å². The number of hydrogen-bond acceptors (Lipinski definition) is 4. The van der Waals surface area contributed by atoms with Crippen molar-refractivity contribution in [2.75, 3.05) is 6.61 Å². The molecular formula is C15H19N3O3. The van der Waals surface area contributed by atoms with E-state index in [1.165, 1.54) is 11.1 Å². The number of aryl methyl sites for hydroxylation is 3. The van der Waals surface area contributed by atoms with Crippen LogP contribution in [0.2, 0.25) is 0 Å². The number of carboxylic acid groups (broad SMARTS) is 1. The molecule has 0 bridgehead atoms. The van der Waals surface area contributed by atoms with Gasteiger partial charge in [0.25, 0.3) is 0 Å². The minimum atomic E-state index is -0.831. The van der Waals surface area contributed by atoms with Gasteiger partial charge in [0.05, 0.1) is 18.7 Å². The lowest BCUT2D eigenvalue weighted by Crippen LogP contribution is -2.09. The maximum absolute atomic E-state index is 10.5. The molecule has 0 saturated carbocycles. The van der Waals surface area contributed by atoms with E-state index in [2.05, 4.69) is 16.4 Å². The fourth-order valence-electron chi connectivity index (χ4n) is 2.07. The van der Waals surface area contributed by atoms with E-state index in [4.69, 9.17) is 9.84 Å². The Bertz CT molecular complexity index is 602. The molecule has 112 valence electrons. The molecule has 21 heavy (non-hydrogen) atoms. The highest BCUT2D eigenvalue weighted by Crippen LogP contribution is 2.16. The topological polar surface area (TPSA) is 77.2 Å². The van der Waals surface area contributed by atoms with Crippen LogP contribution in [0.4, 0.5) is 0 Å². The van der Waals surface area contributed by atoms with Gasteiger partial charge in [0.15, 0.2) is 0 Å². The molecule has 0 amide bonds. The highest BCUT2D eigenvalue weighted by Gasteiger charge is 2.04. The predicted octanol–water partition coefficient (Wildman–Crippen LogP) is 1.99. The Hall–Kier alpha value is -2.37. The van der Waals surface area contributed by atoms with Gasteiger partial charge in [-0.25, -0.2) is 4.68 Å². The summed E-state index contributed by atoms with van der Waals surface area (Å²) in [5.41, 5.74) is 3.02. The number of ether oxygens (including phenoxy) is 1. The van der Waals surface area contributed by atoms with E-state index in [9.17, 15) is 4.79 Å². The molecule has 2 aromatic rings. The van der Waals surface area contributed by atoms with Gasteiger partial charge in [-0.15, -0.1) is 5.10 Å². The van der Waals surface area contributed by atoms with Crippen LogP contribution >= 0.6 is 0 Å². The van der Waals surface area contributed by atoms with Crippen molar-refractivity contribution in [2.45, 2.75) is 33.2 Å². The number of benzene rings is 1. The van der Waals surface area contributed by atoms with Gasteiger partial charge in [0.2, 0.25) is 0 Å². The van der Waals surface area contributed by atoms with Crippen LogP contribution in [0.15, 0.2) is 24.4 Å². The predicted molar refractivity (Wildman–Crippen MR) is 77.4 cm³/mol. The Morgan fingerprint density at radius 2 is 2.00 bits per heavy atom. The van der Waals surface area contributed by atoms with Crippen LogP contribution < -0.4 is 4.74 Å². The van der Waals surface area contributed by atoms with Gasteiger partial charge in [-0.05, 0) is 37.1 Å². The molecule has 6 nitrogen and oxygen atoms in total. The molecule has 0 spiro atoms. The van der Waals surface area contributed by atoms with E-state index in [1.807, 2.05) is 26.0 Å². The lowest BCUT2D eigenvalue weighted by molar-refractivity contribution is -0.136. The van der Waals surface area contributed by atoms with Crippen molar-refractivity contribution in [2.24, 2.45) is 0 Å². The summed E-state index contributed by atoms with van der Waals surface area (Å²) in [6, 6.07) is 6.08. The number of aromatic nitrogens is 3. The minimum absolute atomic E-state index is 0.0672. The smallest absolute Gasteiger partial charge is 0.303 e. The van der Waals surface area contributed by atoms with E-state index >= 15 is 0 Å². The van der Waals surface area contributed by atoms with Crippen molar-refractivity contribution >= 4 is 5.97 Å². The zero-order chi connectivity index (χ0) is 15.2. The average Bonchev–Trinajstić information content (AvgIpc) is 2.83. The normalized spacial score (nSPS) is 10.6. The highest BCUT2D eigenvalue weighted by molar-refractivity contribution is 5.66. The molecule has 0 aliphatic carbocycles. The molecule has 2 rings (SSSR count). The molecule has 1 N–H and O–H groups in total. The number of aliphatic carboxylic acids is 1. The molecule has 6 heteroatoms. The molecule has 1 aromatic heterocycles. The highest BCUT2D eigenvalue weighted by atomic mass is 16.5. The second-order valence-electron chi connectivity index (χ2n) is 5.04. The number of rotatable bonds is 7. The molecule has 0 aliphatic rings. The number of hydrogen-bond donors (Lipinski definition) is 1. The number of carboxylic acids is 1. The number of nitrogens with zero attached hydrogens (tertiary/aromatic N) is 3. The monoisotopic (exact) mass is 289 g/mol. The maximum Gasteiger partial charge on any atom is 0.303 e. The molecule has 0 radical (unpaired) electrons.